The topological polar surface area (TPSA) is 49.3 Å². The summed E-state index contributed by atoms with van der Waals surface area (Å²) in [6.07, 6.45) is 6.96. The van der Waals surface area contributed by atoms with Gasteiger partial charge in [0.1, 0.15) is 0 Å². The fourth-order valence-corrected chi connectivity index (χ4v) is 3.64. The van der Waals surface area contributed by atoms with Crippen molar-refractivity contribution in [3.63, 3.8) is 0 Å². The van der Waals surface area contributed by atoms with E-state index in [2.05, 4.69) is 5.32 Å². The lowest BCUT2D eigenvalue weighted by Crippen LogP contribution is -2.44. The van der Waals surface area contributed by atoms with Gasteiger partial charge in [-0.3, -0.25) is 0 Å². The minimum absolute atomic E-state index is 0.362. The molecule has 2 N–H and O–H groups in total. The van der Waals surface area contributed by atoms with Crippen LogP contribution in [0.5, 0.6) is 0 Å². The Kier molecular flexibility index (Phi) is 3.56. The zero-order valence-electron chi connectivity index (χ0n) is 11.1. The fourth-order valence-electron chi connectivity index (χ4n) is 3.64. The van der Waals surface area contributed by atoms with E-state index in [1.54, 1.807) is 12.1 Å². The summed E-state index contributed by atoms with van der Waals surface area (Å²) < 4.78 is 0. The summed E-state index contributed by atoms with van der Waals surface area (Å²) in [5, 5.41) is 12.5. The highest BCUT2D eigenvalue weighted by Gasteiger charge is 2.34. The molecule has 3 fully saturated rings. The van der Waals surface area contributed by atoms with E-state index >= 15 is 0 Å². The van der Waals surface area contributed by atoms with Crippen LogP contribution in [0.2, 0.25) is 0 Å². The molecular weight excluding hydrogens is 238 g/mol. The van der Waals surface area contributed by atoms with Gasteiger partial charge in [-0.05, 0) is 48.8 Å². The molecule has 2 bridgehead atoms. The standard InChI is InChI=1S/C16H21NO2/c18-16(19)14-7-3-12(4-8-14)10-17-15-9-11-1-5-13(15)6-2-11/h3-4,7-8,11,13,15,17H,1-2,5-6,9-10H2,(H,18,19). The highest BCUT2D eigenvalue weighted by atomic mass is 16.4. The highest BCUT2D eigenvalue weighted by molar-refractivity contribution is 5.87. The van der Waals surface area contributed by atoms with Crippen LogP contribution in [-0.4, -0.2) is 17.1 Å². The zero-order chi connectivity index (χ0) is 13.2. The van der Waals surface area contributed by atoms with Gasteiger partial charge in [-0.15, -0.1) is 0 Å². The Morgan fingerprint density at radius 3 is 2.37 bits per heavy atom. The number of nitrogens with one attached hydrogen (secondary N) is 1. The molecule has 0 spiro atoms. The third-order valence-corrected chi connectivity index (χ3v) is 4.82. The van der Waals surface area contributed by atoms with Crippen LogP contribution in [0.1, 0.15) is 48.0 Å². The molecule has 0 heterocycles. The Labute approximate surface area is 114 Å². The SMILES string of the molecule is O=C(O)c1ccc(CNC2CC3CCC2CC3)cc1. The Balaban J connectivity index is 1.56. The van der Waals surface area contributed by atoms with Gasteiger partial charge in [0.15, 0.2) is 0 Å². The largest absolute Gasteiger partial charge is 0.478 e. The van der Waals surface area contributed by atoms with E-state index in [1.165, 1.54) is 37.7 Å². The van der Waals surface area contributed by atoms with Gasteiger partial charge in [-0.1, -0.05) is 25.0 Å². The van der Waals surface area contributed by atoms with Crippen LogP contribution < -0.4 is 5.32 Å². The van der Waals surface area contributed by atoms with E-state index in [-0.39, 0.29) is 0 Å². The number of carboxylic acid groups (broad SMARTS) is 1. The van der Waals surface area contributed by atoms with Crippen LogP contribution in [0, 0.1) is 11.8 Å². The van der Waals surface area contributed by atoms with Gasteiger partial charge < -0.3 is 10.4 Å². The van der Waals surface area contributed by atoms with Crippen molar-refractivity contribution in [2.75, 3.05) is 0 Å². The minimum Gasteiger partial charge on any atom is -0.478 e. The summed E-state index contributed by atoms with van der Waals surface area (Å²) in [6.45, 7) is 0.855. The molecule has 0 aliphatic heterocycles. The summed E-state index contributed by atoms with van der Waals surface area (Å²) in [4.78, 5) is 10.8. The van der Waals surface area contributed by atoms with Gasteiger partial charge in [-0.2, -0.15) is 0 Å². The predicted molar refractivity (Wildman–Crippen MR) is 74.1 cm³/mol. The Morgan fingerprint density at radius 1 is 1.16 bits per heavy atom. The molecule has 1 unspecified atom stereocenters. The molecule has 1 aromatic rings. The minimum atomic E-state index is -0.857. The second-order valence-electron chi connectivity index (χ2n) is 6.01. The summed E-state index contributed by atoms with van der Waals surface area (Å²) in [6, 6.07) is 7.88. The average molecular weight is 259 g/mol. The van der Waals surface area contributed by atoms with E-state index in [0.29, 0.717) is 11.6 Å². The van der Waals surface area contributed by atoms with E-state index in [0.717, 1.165) is 18.4 Å². The van der Waals surface area contributed by atoms with Gasteiger partial charge in [0, 0.05) is 12.6 Å². The van der Waals surface area contributed by atoms with Crippen molar-refractivity contribution >= 4 is 5.97 Å². The van der Waals surface area contributed by atoms with Crippen molar-refractivity contribution < 1.29 is 9.90 Å². The van der Waals surface area contributed by atoms with Crippen molar-refractivity contribution in [2.45, 2.75) is 44.7 Å². The molecule has 1 atom stereocenters. The number of rotatable bonds is 4. The van der Waals surface area contributed by atoms with Crippen LogP contribution in [0.4, 0.5) is 0 Å². The molecule has 0 radical (unpaired) electrons. The molecule has 0 saturated heterocycles. The maximum atomic E-state index is 10.8. The van der Waals surface area contributed by atoms with Crippen LogP contribution in [0.3, 0.4) is 0 Å². The number of benzene rings is 1. The van der Waals surface area contributed by atoms with Crippen LogP contribution in [-0.2, 0) is 6.54 Å². The molecule has 102 valence electrons. The number of fused-ring (bicyclic) bond motifs is 3. The summed E-state index contributed by atoms with van der Waals surface area (Å²) in [5.41, 5.74) is 1.53. The van der Waals surface area contributed by atoms with Gasteiger partial charge >= 0.3 is 5.97 Å². The lowest BCUT2D eigenvalue weighted by Gasteiger charge is -2.42. The molecule has 3 aliphatic rings. The highest BCUT2D eigenvalue weighted by Crippen LogP contribution is 2.41. The number of hydrogen-bond donors (Lipinski definition) is 2. The normalized spacial score (nSPS) is 29.4. The second kappa shape index (κ2) is 5.33. The molecule has 0 aromatic heterocycles. The van der Waals surface area contributed by atoms with Gasteiger partial charge in [-0.25, -0.2) is 4.79 Å². The maximum absolute atomic E-state index is 10.8. The van der Waals surface area contributed by atoms with Crippen LogP contribution in [0.15, 0.2) is 24.3 Å². The van der Waals surface area contributed by atoms with E-state index in [9.17, 15) is 4.79 Å². The fraction of sp³-hybridized carbons (Fsp3) is 0.562. The monoisotopic (exact) mass is 259 g/mol. The van der Waals surface area contributed by atoms with Crippen molar-refractivity contribution in [1.29, 1.82) is 0 Å². The average Bonchev–Trinajstić information content (AvgIpc) is 2.47. The van der Waals surface area contributed by atoms with Crippen molar-refractivity contribution in [3.05, 3.63) is 35.4 Å². The summed E-state index contributed by atoms with van der Waals surface area (Å²) >= 11 is 0. The van der Waals surface area contributed by atoms with Crippen molar-refractivity contribution in [1.82, 2.24) is 5.32 Å². The van der Waals surface area contributed by atoms with Crippen molar-refractivity contribution in [3.8, 4) is 0 Å². The quantitative estimate of drug-likeness (QED) is 0.873. The van der Waals surface area contributed by atoms with E-state index < -0.39 is 5.97 Å². The molecule has 3 nitrogen and oxygen atoms in total. The lowest BCUT2D eigenvalue weighted by atomic mass is 9.68. The molecule has 4 rings (SSSR count). The molecule has 19 heavy (non-hydrogen) atoms. The van der Waals surface area contributed by atoms with Gasteiger partial charge in [0.2, 0.25) is 0 Å². The number of aromatic carboxylic acids is 1. The number of hydrogen-bond acceptors (Lipinski definition) is 2. The predicted octanol–water partition coefficient (Wildman–Crippen LogP) is 3.05. The Morgan fingerprint density at radius 2 is 1.84 bits per heavy atom. The second-order valence-corrected chi connectivity index (χ2v) is 6.01. The van der Waals surface area contributed by atoms with E-state index in [1.807, 2.05) is 12.1 Å². The van der Waals surface area contributed by atoms with Crippen LogP contribution in [0.25, 0.3) is 0 Å². The Bertz CT molecular complexity index is 446. The lowest BCUT2D eigenvalue weighted by molar-refractivity contribution is 0.0697. The molecule has 3 heteroatoms. The molecular formula is C16H21NO2. The molecule has 3 saturated carbocycles. The van der Waals surface area contributed by atoms with Crippen LogP contribution >= 0.6 is 0 Å². The maximum Gasteiger partial charge on any atom is 0.335 e. The van der Waals surface area contributed by atoms with E-state index in [4.69, 9.17) is 5.11 Å². The summed E-state index contributed by atoms with van der Waals surface area (Å²) in [7, 11) is 0. The molecule has 0 amide bonds. The molecule has 3 aliphatic carbocycles. The smallest absolute Gasteiger partial charge is 0.335 e. The first-order valence-corrected chi connectivity index (χ1v) is 7.28. The third-order valence-electron chi connectivity index (χ3n) is 4.82. The van der Waals surface area contributed by atoms with Gasteiger partial charge in [0.25, 0.3) is 0 Å². The first kappa shape index (κ1) is 12.7. The summed E-state index contributed by atoms with van der Waals surface area (Å²) in [5.74, 6) is 0.948. The Hall–Kier alpha value is -1.35. The third kappa shape index (κ3) is 2.81. The number of carboxylic acids is 1. The number of carbonyl (C=O) groups is 1. The zero-order valence-corrected chi connectivity index (χ0v) is 11.1. The van der Waals surface area contributed by atoms with Gasteiger partial charge in [0.05, 0.1) is 5.56 Å². The van der Waals surface area contributed by atoms with Crippen molar-refractivity contribution in [2.24, 2.45) is 11.8 Å². The molecule has 1 aromatic carbocycles. The first-order chi connectivity index (χ1) is 9.22. The first-order valence-electron chi connectivity index (χ1n) is 7.28.